The van der Waals surface area contributed by atoms with Crippen LogP contribution in [-0.2, 0) is 9.59 Å². The molecule has 0 radical (unpaired) electrons. The van der Waals surface area contributed by atoms with Gasteiger partial charge in [0.15, 0.2) is 0 Å². The zero-order valence-electron chi connectivity index (χ0n) is 17.1. The predicted molar refractivity (Wildman–Crippen MR) is 128 cm³/mol. The average Bonchev–Trinajstić information content (AvgIpc) is 3.32. The van der Waals surface area contributed by atoms with Crippen LogP contribution in [0.4, 0.5) is 0 Å². The van der Waals surface area contributed by atoms with Crippen LogP contribution in [-0.4, -0.2) is 49.1 Å². The highest BCUT2D eigenvalue weighted by atomic mass is 32.2. The molecular weight excluding hydrogens is 446 g/mol. The molecule has 0 aliphatic carbocycles. The second-order valence-electron chi connectivity index (χ2n) is 6.83. The number of thiocarbonyl (C=S) groups is 1. The van der Waals surface area contributed by atoms with Gasteiger partial charge in [-0.05, 0) is 49.4 Å². The summed E-state index contributed by atoms with van der Waals surface area (Å²) in [6.07, 6.45) is 3.55. The minimum Gasteiger partial charge on any atom is -0.494 e. The van der Waals surface area contributed by atoms with Crippen LogP contribution in [0.15, 0.2) is 65.7 Å². The van der Waals surface area contributed by atoms with Gasteiger partial charge in [0, 0.05) is 17.3 Å². The van der Waals surface area contributed by atoms with Gasteiger partial charge in [-0.25, -0.2) is 4.68 Å². The molecule has 7 nitrogen and oxygen atoms in total. The second-order valence-corrected chi connectivity index (χ2v) is 8.51. The summed E-state index contributed by atoms with van der Waals surface area (Å²) in [5.74, 6) is -0.781. The van der Waals surface area contributed by atoms with Gasteiger partial charge >= 0.3 is 5.97 Å². The highest BCUT2D eigenvalue weighted by molar-refractivity contribution is 8.26. The molecule has 3 aromatic rings. The Balaban J connectivity index is 1.76. The molecule has 0 atom stereocenters. The van der Waals surface area contributed by atoms with Gasteiger partial charge in [0.25, 0.3) is 5.91 Å². The summed E-state index contributed by atoms with van der Waals surface area (Å²) < 4.78 is 7.49. The molecule has 1 aliphatic heterocycles. The van der Waals surface area contributed by atoms with Crippen molar-refractivity contribution in [2.24, 2.45) is 0 Å². The van der Waals surface area contributed by atoms with Crippen molar-refractivity contribution in [1.29, 1.82) is 0 Å². The lowest BCUT2D eigenvalue weighted by molar-refractivity contribution is -0.140. The van der Waals surface area contributed by atoms with E-state index in [0.717, 1.165) is 33.7 Å². The average molecular weight is 466 g/mol. The molecule has 0 spiro atoms. The number of ether oxygens (including phenoxy) is 1. The minimum atomic E-state index is -1.12. The Morgan fingerprint density at radius 1 is 1.19 bits per heavy atom. The Hall–Kier alpha value is -3.43. The van der Waals surface area contributed by atoms with Gasteiger partial charge in [0.2, 0.25) is 0 Å². The number of aromatic nitrogens is 2. The highest BCUT2D eigenvalue weighted by Gasteiger charge is 2.33. The van der Waals surface area contributed by atoms with E-state index in [1.807, 2.05) is 67.7 Å². The van der Waals surface area contributed by atoms with Crippen molar-refractivity contribution < 1.29 is 19.4 Å². The van der Waals surface area contributed by atoms with E-state index in [2.05, 4.69) is 0 Å². The molecule has 9 heteroatoms. The third-order valence-electron chi connectivity index (χ3n) is 4.66. The van der Waals surface area contributed by atoms with Crippen molar-refractivity contribution >= 4 is 46.3 Å². The standard InChI is InChI=1S/C23H19N3O4S2/c1-2-30-18-10-8-15(9-11-18)21-16(13-26(24-21)17-6-4-3-5-7-17)12-19-22(29)25(14-20(27)28)23(31)32-19/h3-13H,2,14H2,1H3,(H,27,28). The molecule has 2 heterocycles. The summed E-state index contributed by atoms with van der Waals surface area (Å²) in [6, 6.07) is 17.2. The monoisotopic (exact) mass is 465 g/mol. The largest absolute Gasteiger partial charge is 0.494 e. The third kappa shape index (κ3) is 4.58. The number of carboxylic acid groups (broad SMARTS) is 1. The number of para-hydroxylation sites is 1. The van der Waals surface area contributed by atoms with Crippen LogP contribution in [0, 0.1) is 0 Å². The Morgan fingerprint density at radius 3 is 2.56 bits per heavy atom. The molecule has 32 heavy (non-hydrogen) atoms. The van der Waals surface area contributed by atoms with E-state index in [1.165, 1.54) is 0 Å². The van der Waals surface area contributed by atoms with Gasteiger partial charge in [-0.2, -0.15) is 5.10 Å². The van der Waals surface area contributed by atoms with E-state index < -0.39 is 18.4 Å². The molecule has 1 N–H and O–H groups in total. The topological polar surface area (TPSA) is 84.7 Å². The molecule has 1 aliphatic rings. The number of amides is 1. The highest BCUT2D eigenvalue weighted by Crippen LogP contribution is 2.35. The number of nitrogens with zero attached hydrogens (tertiary/aromatic N) is 3. The summed E-state index contributed by atoms with van der Waals surface area (Å²) in [5.41, 5.74) is 3.13. The molecule has 0 unspecified atom stereocenters. The molecule has 1 aromatic heterocycles. The quantitative estimate of drug-likeness (QED) is 0.413. The molecule has 1 saturated heterocycles. The van der Waals surface area contributed by atoms with Crippen molar-refractivity contribution in [1.82, 2.24) is 14.7 Å². The first-order chi connectivity index (χ1) is 15.5. The Morgan fingerprint density at radius 2 is 1.91 bits per heavy atom. The zero-order chi connectivity index (χ0) is 22.7. The number of thioether (sulfide) groups is 1. The van der Waals surface area contributed by atoms with E-state index in [4.69, 9.17) is 27.2 Å². The summed E-state index contributed by atoms with van der Waals surface area (Å²) in [4.78, 5) is 25.3. The first-order valence-electron chi connectivity index (χ1n) is 9.81. The molecule has 0 bridgehead atoms. The van der Waals surface area contributed by atoms with E-state index in [1.54, 1.807) is 10.8 Å². The van der Waals surface area contributed by atoms with Crippen LogP contribution >= 0.6 is 24.0 Å². The van der Waals surface area contributed by atoms with Crippen molar-refractivity contribution in [2.75, 3.05) is 13.2 Å². The lowest BCUT2D eigenvalue weighted by Gasteiger charge is -2.10. The molecule has 1 amide bonds. The fraction of sp³-hybridized carbons (Fsp3) is 0.130. The molecular formula is C23H19N3O4S2. The number of carbonyl (C=O) groups excluding carboxylic acids is 1. The van der Waals surface area contributed by atoms with Gasteiger partial charge in [-0.1, -0.05) is 42.2 Å². The maximum absolute atomic E-state index is 12.7. The van der Waals surface area contributed by atoms with E-state index in [0.29, 0.717) is 22.8 Å². The van der Waals surface area contributed by atoms with Crippen molar-refractivity contribution in [3.05, 3.63) is 71.3 Å². The maximum Gasteiger partial charge on any atom is 0.323 e. The number of carbonyl (C=O) groups is 2. The number of hydrogen-bond acceptors (Lipinski definition) is 6. The lowest BCUT2D eigenvalue weighted by Crippen LogP contribution is -2.33. The van der Waals surface area contributed by atoms with Gasteiger partial charge in [-0.3, -0.25) is 14.5 Å². The minimum absolute atomic E-state index is 0.224. The predicted octanol–water partition coefficient (Wildman–Crippen LogP) is 4.22. The van der Waals surface area contributed by atoms with E-state index >= 15 is 0 Å². The zero-order valence-corrected chi connectivity index (χ0v) is 18.7. The SMILES string of the molecule is CCOc1ccc(-c2nn(-c3ccccc3)cc2C=C2SC(=S)N(CC(=O)O)C2=O)cc1. The second kappa shape index (κ2) is 9.37. The summed E-state index contributed by atoms with van der Waals surface area (Å²) in [6.45, 7) is 2.04. The maximum atomic E-state index is 12.7. The molecule has 2 aromatic carbocycles. The fourth-order valence-electron chi connectivity index (χ4n) is 3.22. The van der Waals surface area contributed by atoms with Crippen LogP contribution in [0.1, 0.15) is 12.5 Å². The number of benzene rings is 2. The fourth-order valence-corrected chi connectivity index (χ4v) is 4.46. The number of carboxylic acids is 1. The van der Waals surface area contributed by atoms with E-state index in [-0.39, 0.29) is 4.32 Å². The van der Waals surface area contributed by atoms with Gasteiger partial charge < -0.3 is 9.84 Å². The van der Waals surface area contributed by atoms with Crippen LogP contribution in [0.2, 0.25) is 0 Å². The number of hydrogen-bond donors (Lipinski definition) is 1. The lowest BCUT2D eigenvalue weighted by atomic mass is 10.1. The number of aliphatic carboxylic acids is 1. The Kier molecular flexibility index (Phi) is 6.38. The first kappa shape index (κ1) is 21.8. The molecule has 1 fully saturated rings. The summed E-state index contributed by atoms with van der Waals surface area (Å²) in [5, 5.41) is 13.8. The van der Waals surface area contributed by atoms with Crippen molar-refractivity contribution in [3.63, 3.8) is 0 Å². The first-order valence-corrected chi connectivity index (χ1v) is 11.0. The Labute approximate surface area is 194 Å². The van der Waals surface area contributed by atoms with Gasteiger partial charge in [-0.15, -0.1) is 0 Å². The van der Waals surface area contributed by atoms with Crippen LogP contribution < -0.4 is 4.74 Å². The molecule has 162 valence electrons. The normalized spacial score (nSPS) is 14.9. The van der Waals surface area contributed by atoms with Gasteiger partial charge in [0.05, 0.1) is 22.9 Å². The van der Waals surface area contributed by atoms with Crippen LogP contribution in [0.5, 0.6) is 5.75 Å². The molecule has 0 saturated carbocycles. The summed E-state index contributed by atoms with van der Waals surface area (Å²) in [7, 11) is 0. The molecule has 4 rings (SSSR count). The van der Waals surface area contributed by atoms with Crippen LogP contribution in [0.3, 0.4) is 0 Å². The Bertz CT molecular complexity index is 1200. The third-order valence-corrected chi connectivity index (χ3v) is 6.03. The smallest absolute Gasteiger partial charge is 0.323 e. The number of rotatable bonds is 7. The van der Waals surface area contributed by atoms with E-state index in [9.17, 15) is 9.59 Å². The van der Waals surface area contributed by atoms with Crippen molar-refractivity contribution in [2.45, 2.75) is 6.92 Å². The van der Waals surface area contributed by atoms with Crippen LogP contribution in [0.25, 0.3) is 23.0 Å². The van der Waals surface area contributed by atoms with Crippen molar-refractivity contribution in [3.8, 4) is 22.7 Å². The summed E-state index contributed by atoms with van der Waals surface area (Å²) >= 11 is 6.29. The van der Waals surface area contributed by atoms with Gasteiger partial charge in [0.1, 0.15) is 16.6 Å².